The summed E-state index contributed by atoms with van der Waals surface area (Å²) in [6, 6.07) is 10.1. The summed E-state index contributed by atoms with van der Waals surface area (Å²) < 4.78 is 12.9. The molecule has 0 bridgehead atoms. The fraction of sp³-hybridized carbons (Fsp3) is 0.250. The Morgan fingerprint density at radius 1 is 1.21 bits per heavy atom. The second-order valence-corrected chi connectivity index (χ2v) is 6.48. The molecule has 0 unspecified atom stereocenters. The number of hydrogen-bond acceptors (Lipinski definition) is 5. The summed E-state index contributed by atoms with van der Waals surface area (Å²) in [5.74, 6) is 0.949. The number of aryl methyl sites for hydroxylation is 1. The average molecular weight is 402 g/mol. The largest absolute Gasteiger partial charge is 0.486 e. The molecule has 8 heteroatoms. The molecule has 0 fully saturated rings. The van der Waals surface area contributed by atoms with Crippen molar-refractivity contribution < 1.29 is 18.7 Å². The molecule has 0 spiro atoms. The van der Waals surface area contributed by atoms with Gasteiger partial charge >= 0.3 is 0 Å². The highest BCUT2D eigenvalue weighted by Gasteiger charge is 2.14. The van der Waals surface area contributed by atoms with E-state index in [4.69, 9.17) is 20.8 Å². The Kier molecular flexibility index (Phi) is 6.16. The van der Waals surface area contributed by atoms with Crippen molar-refractivity contribution in [3.05, 3.63) is 70.4 Å². The highest BCUT2D eigenvalue weighted by Crippen LogP contribution is 2.17. The third kappa shape index (κ3) is 4.61. The summed E-state index contributed by atoms with van der Waals surface area (Å²) in [6.45, 7) is 4.53. The Labute approximate surface area is 167 Å². The number of hydrogen-bond donors (Lipinski definition) is 1. The molecule has 3 aromatic rings. The molecule has 1 amide bonds. The SMILES string of the molecule is CCn1ncc(Cl)c1CNC(=O)c1ccc(COc2ccc(C(C)=O)cc2)o1. The van der Waals surface area contributed by atoms with Gasteiger partial charge in [-0.1, -0.05) is 11.6 Å². The van der Waals surface area contributed by atoms with E-state index in [0.29, 0.717) is 28.6 Å². The monoisotopic (exact) mass is 401 g/mol. The van der Waals surface area contributed by atoms with Gasteiger partial charge in [-0.3, -0.25) is 14.3 Å². The van der Waals surface area contributed by atoms with E-state index in [0.717, 1.165) is 5.69 Å². The number of ketones is 1. The van der Waals surface area contributed by atoms with Gasteiger partial charge in [0, 0.05) is 12.1 Å². The lowest BCUT2D eigenvalue weighted by Gasteiger charge is -2.07. The van der Waals surface area contributed by atoms with Gasteiger partial charge in [-0.05, 0) is 50.2 Å². The first-order valence-corrected chi connectivity index (χ1v) is 9.16. The normalized spacial score (nSPS) is 10.7. The third-order valence-corrected chi connectivity index (χ3v) is 4.46. The molecule has 1 aromatic carbocycles. The second kappa shape index (κ2) is 8.75. The van der Waals surface area contributed by atoms with E-state index in [-0.39, 0.29) is 30.6 Å². The number of aromatic nitrogens is 2. The molecule has 0 aliphatic carbocycles. The van der Waals surface area contributed by atoms with E-state index < -0.39 is 0 Å². The second-order valence-electron chi connectivity index (χ2n) is 6.07. The van der Waals surface area contributed by atoms with Crippen LogP contribution in [0, 0.1) is 0 Å². The highest BCUT2D eigenvalue weighted by atomic mass is 35.5. The molecule has 2 heterocycles. The van der Waals surface area contributed by atoms with Crippen LogP contribution in [0.5, 0.6) is 5.75 Å². The quantitative estimate of drug-likeness (QED) is 0.579. The van der Waals surface area contributed by atoms with Gasteiger partial charge in [-0.25, -0.2) is 0 Å². The molecule has 0 aliphatic rings. The van der Waals surface area contributed by atoms with Crippen molar-refractivity contribution in [2.45, 2.75) is 33.5 Å². The van der Waals surface area contributed by atoms with Crippen molar-refractivity contribution in [2.24, 2.45) is 0 Å². The van der Waals surface area contributed by atoms with Gasteiger partial charge in [0.2, 0.25) is 0 Å². The molecule has 0 atom stereocenters. The summed E-state index contributed by atoms with van der Waals surface area (Å²) in [7, 11) is 0. The molecule has 0 saturated heterocycles. The minimum Gasteiger partial charge on any atom is -0.486 e. The molecular formula is C20H20ClN3O4. The lowest BCUT2D eigenvalue weighted by atomic mass is 10.1. The number of rotatable bonds is 8. The number of Topliss-reactive ketones (excluding diaryl/α,β-unsaturated/α-hetero) is 1. The predicted octanol–water partition coefficient (Wildman–Crippen LogP) is 3.86. The minimum absolute atomic E-state index is 0.00323. The van der Waals surface area contributed by atoms with Crippen LogP contribution in [0.15, 0.2) is 47.0 Å². The van der Waals surface area contributed by atoms with Crippen LogP contribution >= 0.6 is 11.6 Å². The van der Waals surface area contributed by atoms with Crippen molar-refractivity contribution in [2.75, 3.05) is 0 Å². The standard InChI is InChI=1S/C20H20ClN3O4/c1-3-24-18(17(21)10-23-24)11-22-20(26)19-9-8-16(28-19)12-27-15-6-4-14(5-7-15)13(2)25/h4-10H,3,11-12H2,1-2H3,(H,22,26). The van der Waals surface area contributed by atoms with Crippen molar-refractivity contribution in [3.63, 3.8) is 0 Å². The number of carbonyl (C=O) groups is 2. The lowest BCUT2D eigenvalue weighted by Crippen LogP contribution is -2.24. The van der Waals surface area contributed by atoms with Gasteiger partial charge in [-0.2, -0.15) is 5.10 Å². The number of nitrogens with one attached hydrogen (secondary N) is 1. The van der Waals surface area contributed by atoms with E-state index in [1.807, 2.05) is 6.92 Å². The molecule has 0 radical (unpaired) electrons. The van der Waals surface area contributed by atoms with Gasteiger partial charge in [-0.15, -0.1) is 0 Å². The topological polar surface area (TPSA) is 86.4 Å². The molecule has 0 aliphatic heterocycles. The maximum atomic E-state index is 12.3. The zero-order chi connectivity index (χ0) is 20.1. The summed E-state index contributed by atoms with van der Waals surface area (Å²) in [4.78, 5) is 23.6. The summed E-state index contributed by atoms with van der Waals surface area (Å²) in [5.41, 5.74) is 1.36. The first-order valence-electron chi connectivity index (χ1n) is 8.78. The van der Waals surface area contributed by atoms with Crippen LogP contribution in [-0.4, -0.2) is 21.5 Å². The third-order valence-electron chi connectivity index (χ3n) is 4.14. The van der Waals surface area contributed by atoms with E-state index in [1.54, 1.807) is 47.3 Å². The number of halogens is 1. The molecule has 3 rings (SSSR count). The predicted molar refractivity (Wildman–Crippen MR) is 104 cm³/mol. The minimum atomic E-state index is -0.350. The summed E-state index contributed by atoms with van der Waals surface area (Å²) in [6.07, 6.45) is 1.55. The van der Waals surface area contributed by atoms with Crippen LogP contribution in [0.4, 0.5) is 0 Å². The Hall–Kier alpha value is -3.06. The van der Waals surface area contributed by atoms with Crippen molar-refractivity contribution in [1.82, 2.24) is 15.1 Å². The van der Waals surface area contributed by atoms with Crippen molar-refractivity contribution in [3.8, 4) is 5.75 Å². The smallest absolute Gasteiger partial charge is 0.287 e. The zero-order valence-electron chi connectivity index (χ0n) is 15.6. The fourth-order valence-electron chi connectivity index (χ4n) is 2.61. The fourth-order valence-corrected chi connectivity index (χ4v) is 2.81. The molecular weight excluding hydrogens is 382 g/mol. The van der Waals surface area contributed by atoms with Crippen LogP contribution in [-0.2, 0) is 19.7 Å². The number of furan rings is 1. The average Bonchev–Trinajstić information content (AvgIpc) is 3.31. The Morgan fingerprint density at radius 3 is 2.64 bits per heavy atom. The Balaban J connectivity index is 1.55. The van der Waals surface area contributed by atoms with Gasteiger partial charge in [0.1, 0.15) is 18.1 Å². The summed E-state index contributed by atoms with van der Waals surface area (Å²) >= 11 is 6.09. The van der Waals surface area contributed by atoms with Gasteiger partial charge in [0.15, 0.2) is 11.5 Å². The number of benzene rings is 1. The van der Waals surface area contributed by atoms with Crippen LogP contribution < -0.4 is 10.1 Å². The maximum Gasteiger partial charge on any atom is 0.287 e. The molecule has 2 aromatic heterocycles. The van der Waals surface area contributed by atoms with Crippen LogP contribution in [0.2, 0.25) is 5.02 Å². The number of carbonyl (C=O) groups excluding carboxylic acids is 2. The maximum absolute atomic E-state index is 12.3. The molecule has 146 valence electrons. The van der Waals surface area contributed by atoms with E-state index >= 15 is 0 Å². The zero-order valence-corrected chi connectivity index (χ0v) is 16.3. The van der Waals surface area contributed by atoms with E-state index in [2.05, 4.69) is 10.4 Å². The van der Waals surface area contributed by atoms with Gasteiger partial charge in [0.05, 0.1) is 23.5 Å². The Morgan fingerprint density at radius 2 is 1.96 bits per heavy atom. The van der Waals surface area contributed by atoms with E-state index in [1.165, 1.54) is 6.92 Å². The van der Waals surface area contributed by atoms with Crippen LogP contribution in [0.25, 0.3) is 0 Å². The van der Waals surface area contributed by atoms with Crippen LogP contribution in [0.3, 0.4) is 0 Å². The van der Waals surface area contributed by atoms with Gasteiger partial charge < -0.3 is 14.5 Å². The molecule has 28 heavy (non-hydrogen) atoms. The lowest BCUT2D eigenvalue weighted by molar-refractivity contribution is 0.0917. The van der Waals surface area contributed by atoms with Crippen molar-refractivity contribution >= 4 is 23.3 Å². The number of ether oxygens (including phenoxy) is 1. The van der Waals surface area contributed by atoms with Crippen LogP contribution in [0.1, 0.15) is 46.2 Å². The highest BCUT2D eigenvalue weighted by molar-refractivity contribution is 6.31. The first kappa shape index (κ1) is 19.7. The van der Waals surface area contributed by atoms with Gasteiger partial charge in [0.25, 0.3) is 5.91 Å². The number of amides is 1. The molecule has 0 saturated carbocycles. The van der Waals surface area contributed by atoms with E-state index in [9.17, 15) is 9.59 Å². The summed E-state index contributed by atoms with van der Waals surface area (Å²) in [5, 5.41) is 7.41. The Bertz CT molecular complexity index is 976. The molecule has 1 N–H and O–H groups in total. The molecule has 7 nitrogen and oxygen atoms in total. The number of nitrogens with zero attached hydrogens (tertiary/aromatic N) is 2. The van der Waals surface area contributed by atoms with Crippen molar-refractivity contribution in [1.29, 1.82) is 0 Å². The first-order chi connectivity index (χ1) is 13.5.